The molecule has 0 fully saturated rings. The zero-order chi connectivity index (χ0) is 65.9. The van der Waals surface area contributed by atoms with Crippen LogP contribution >= 0.6 is 0 Å². The number of hydrogen-bond donors (Lipinski definition) is 1. The molecule has 0 saturated heterocycles. The second-order valence-corrected chi connectivity index (χ2v) is 24.4. The predicted octanol–water partition coefficient (Wildman–Crippen LogP) is 19.0. The van der Waals surface area contributed by atoms with Gasteiger partial charge in [-0.25, -0.2) is 24.9 Å². The summed E-state index contributed by atoms with van der Waals surface area (Å²) in [4.78, 5) is 25.9. The van der Waals surface area contributed by atoms with Gasteiger partial charge >= 0.3 is 0 Å². The minimum atomic E-state index is 0.766. The highest BCUT2D eigenvalue weighted by atomic mass is 15.2. The van der Waals surface area contributed by atoms with Gasteiger partial charge in [0.1, 0.15) is 28.2 Å². The average Bonchev–Trinajstić information content (AvgIpc) is 1.65. The van der Waals surface area contributed by atoms with Gasteiger partial charge in [0, 0.05) is 144 Å². The summed E-state index contributed by atoms with van der Waals surface area (Å²) < 4.78 is 11.1. The van der Waals surface area contributed by atoms with Crippen LogP contribution in [0.2, 0.25) is 0 Å². The van der Waals surface area contributed by atoms with Crippen LogP contribution in [0.15, 0.2) is 334 Å². The average molecular weight is 1270 g/mol. The largest absolute Gasteiger partial charge is 0.399 e. The maximum absolute atomic E-state index is 5.78. The zero-order valence-electron chi connectivity index (χ0n) is 53.4. The Bertz CT molecular complexity index is 5770. The molecule has 0 aliphatic heterocycles. The lowest BCUT2D eigenvalue weighted by Gasteiger charge is -2.26. The third kappa shape index (κ3) is 9.99. The minimum absolute atomic E-state index is 0.766. The fraction of sp³-hybridized carbons (Fsp3) is 0. The van der Waals surface area contributed by atoms with E-state index in [9.17, 15) is 0 Å². The molecule has 0 unspecified atom stereocenters. The Balaban J connectivity index is 0.000000139. The second-order valence-electron chi connectivity index (χ2n) is 24.4. The van der Waals surface area contributed by atoms with Crippen molar-refractivity contribution >= 4 is 153 Å². The number of aromatic nitrogens is 10. The van der Waals surface area contributed by atoms with Crippen molar-refractivity contribution in [3.05, 3.63) is 334 Å². The number of nitrogens with two attached hydrogens (primary N) is 1. The summed E-state index contributed by atoms with van der Waals surface area (Å²) in [6.07, 6.45) is 9.26. The van der Waals surface area contributed by atoms with E-state index in [4.69, 9.17) is 28.4 Å². The molecule has 0 bridgehead atoms. The van der Waals surface area contributed by atoms with E-state index in [2.05, 4.69) is 274 Å². The van der Waals surface area contributed by atoms with E-state index < -0.39 is 0 Å². The molecule has 0 atom stereocenters. The van der Waals surface area contributed by atoms with Gasteiger partial charge in [0.2, 0.25) is 0 Å². The molecule has 20 rings (SSSR count). The number of nitrogen functional groups attached to an aromatic ring is 1. The summed E-state index contributed by atoms with van der Waals surface area (Å²) >= 11 is 0. The zero-order valence-corrected chi connectivity index (χ0v) is 53.4. The summed E-state index contributed by atoms with van der Waals surface area (Å²) in [5.41, 5.74) is 26.5. The Hall–Kier alpha value is -13.3. The lowest BCUT2D eigenvalue weighted by atomic mass is 9.51. The first-order valence-electron chi connectivity index (χ1n) is 32.9. The molecule has 10 aromatic carbocycles. The van der Waals surface area contributed by atoms with Crippen molar-refractivity contribution in [2.75, 3.05) is 10.6 Å². The van der Waals surface area contributed by atoms with Gasteiger partial charge in [0.15, 0.2) is 0 Å². The number of hydrogen-bond acceptors (Lipinski definition) is 7. The summed E-state index contributed by atoms with van der Waals surface area (Å²) in [6, 6.07) is 105. The molecular formula is C85H57B2N12. The lowest BCUT2D eigenvalue weighted by Crippen LogP contribution is -2.13. The fourth-order valence-corrected chi connectivity index (χ4v) is 14.3. The normalized spacial score (nSPS) is 11.5. The Morgan fingerprint density at radius 2 is 0.455 bits per heavy atom. The van der Waals surface area contributed by atoms with Crippen molar-refractivity contribution in [1.29, 1.82) is 0 Å². The van der Waals surface area contributed by atoms with Crippen LogP contribution in [0, 0.1) is 0 Å². The minimum Gasteiger partial charge on any atom is -0.399 e. The van der Waals surface area contributed by atoms with Gasteiger partial charge in [-0.1, -0.05) is 109 Å². The van der Waals surface area contributed by atoms with Crippen molar-refractivity contribution < 1.29 is 0 Å². The standard InChI is InChI=1S/C51H33N7.C17H11B2N2.C17H13N3/c1-4-16-46-40(10-1)43-13-7-31-52-49(43)56(46)37-25-19-34(20-26-37)55(35-21-27-38(28-22-35)57-47-17-5-2-11-41(47)44-14-8-32-53-50(44)57)36-23-29-39(30-24-36)58-48-18-6-3-12-42(48)45-15-9-33-54-51(45)58;18-19-12-7-9-13(10-8-12)21-16-6-2-1-4-14(16)15-5-3-11-20-17(15)21;18-12-7-9-13(10-8-12)20-16-6-2-1-4-14(16)15-5-3-11-19-17(15)20/h1-33H;1-11H;1-11H,18H2. The van der Waals surface area contributed by atoms with Gasteiger partial charge in [-0.3, -0.25) is 22.8 Å². The maximum Gasteiger partial charge on any atom is 0.145 e. The molecule has 2 N–H and O–H groups in total. The van der Waals surface area contributed by atoms with Crippen molar-refractivity contribution in [1.82, 2.24) is 47.8 Å². The third-order valence-electron chi connectivity index (χ3n) is 18.8. The van der Waals surface area contributed by atoms with E-state index in [1.54, 1.807) is 7.17 Å². The molecule has 12 nitrogen and oxygen atoms in total. The highest BCUT2D eigenvalue weighted by Crippen LogP contribution is 2.41. The first-order valence-corrected chi connectivity index (χ1v) is 32.9. The van der Waals surface area contributed by atoms with Crippen molar-refractivity contribution in [2.45, 2.75) is 0 Å². The fourth-order valence-electron chi connectivity index (χ4n) is 14.3. The molecule has 3 radical (unpaired) electrons. The Labute approximate surface area is 570 Å². The van der Waals surface area contributed by atoms with Crippen LogP contribution in [0.4, 0.5) is 22.7 Å². The molecule has 0 spiro atoms. The number of benzene rings is 10. The number of para-hydroxylation sites is 5. The molecule has 20 aromatic rings. The van der Waals surface area contributed by atoms with E-state index in [1.165, 1.54) is 37.7 Å². The summed E-state index contributed by atoms with van der Waals surface area (Å²) in [5.74, 6) is 0. The number of nitrogens with zero attached hydrogens (tertiary/aromatic N) is 11. The van der Waals surface area contributed by atoms with Crippen LogP contribution in [0.1, 0.15) is 0 Å². The topological polar surface area (TPSA) is 118 Å². The highest BCUT2D eigenvalue weighted by Gasteiger charge is 2.21. The van der Waals surface area contributed by atoms with Gasteiger partial charge in [0.25, 0.3) is 0 Å². The molecule has 10 aromatic heterocycles. The number of anilines is 4. The smallest absolute Gasteiger partial charge is 0.145 e. The van der Waals surface area contributed by atoms with E-state index in [0.29, 0.717) is 0 Å². The monoisotopic (exact) mass is 1270 g/mol. The van der Waals surface area contributed by atoms with Crippen LogP contribution in [-0.4, -0.2) is 62.7 Å². The maximum atomic E-state index is 5.78. The molecular weight excluding hydrogens is 1210 g/mol. The van der Waals surface area contributed by atoms with Crippen LogP contribution in [0.5, 0.6) is 0 Å². The van der Waals surface area contributed by atoms with E-state index in [1.807, 2.05) is 97.7 Å². The van der Waals surface area contributed by atoms with Gasteiger partial charge in [-0.2, -0.15) is 0 Å². The molecule has 0 aliphatic carbocycles. The Morgan fingerprint density at radius 3 is 0.697 bits per heavy atom. The van der Waals surface area contributed by atoms with Crippen LogP contribution < -0.4 is 16.1 Å². The van der Waals surface area contributed by atoms with E-state index in [-0.39, 0.29) is 0 Å². The molecule has 463 valence electrons. The molecule has 14 heteroatoms. The molecule has 0 aliphatic rings. The van der Waals surface area contributed by atoms with Gasteiger partial charge < -0.3 is 10.6 Å². The van der Waals surface area contributed by atoms with Crippen molar-refractivity contribution in [3.8, 4) is 28.4 Å². The van der Waals surface area contributed by atoms with Crippen LogP contribution in [0.3, 0.4) is 0 Å². The molecule has 0 amide bonds. The van der Waals surface area contributed by atoms with E-state index >= 15 is 0 Å². The third-order valence-corrected chi connectivity index (χ3v) is 18.8. The summed E-state index contributed by atoms with van der Waals surface area (Å²) in [5, 5.41) is 11.8. The van der Waals surface area contributed by atoms with Crippen LogP contribution in [-0.2, 0) is 0 Å². The second kappa shape index (κ2) is 24.5. The number of rotatable bonds is 9. The lowest BCUT2D eigenvalue weighted by molar-refractivity contribution is 1.12. The van der Waals surface area contributed by atoms with Gasteiger partial charge in [-0.05, 0) is 200 Å². The van der Waals surface area contributed by atoms with Gasteiger partial charge in [0.05, 0.1) is 34.8 Å². The highest BCUT2D eigenvalue weighted by molar-refractivity contribution is 6.97. The summed E-state index contributed by atoms with van der Waals surface area (Å²) in [7, 11) is 7.16. The first kappa shape index (κ1) is 58.3. The Kier molecular flexibility index (Phi) is 14.4. The van der Waals surface area contributed by atoms with Gasteiger partial charge in [-0.15, -0.1) is 0 Å². The first-order chi connectivity index (χ1) is 49.0. The quantitative estimate of drug-likeness (QED) is 0.113. The van der Waals surface area contributed by atoms with Crippen molar-refractivity contribution in [2.24, 2.45) is 0 Å². The Morgan fingerprint density at radius 1 is 0.242 bits per heavy atom. The van der Waals surface area contributed by atoms with Crippen molar-refractivity contribution in [3.63, 3.8) is 0 Å². The molecule has 0 saturated carbocycles. The predicted molar refractivity (Wildman–Crippen MR) is 410 cm³/mol. The number of fused-ring (bicyclic) bond motifs is 15. The van der Waals surface area contributed by atoms with Crippen LogP contribution in [0.25, 0.3) is 138 Å². The molecule has 10 heterocycles. The number of pyridine rings is 5. The SMILES string of the molecule is Nc1ccc(-n2c3ccccc3c3cccnc32)cc1.[B][B]c1ccc(-n2c3ccccc3c3cccnc32)cc1.c1ccc2c(c1)c1cccnc1n2-c1ccc(N(c2ccc(-n3c4ccccc4c4cccnc43)cc2)c2ccc(-n3c4ccccc4c4cccnc43)cc2)cc1. The molecule has 99 heavy (non-hydrogen) atoms. The van der Waals surface area contributed by atoms with E-state index in [0.717, 1.165) is 129 Å². The summed E-state index contributed by atoms with van der Waals surface area (Å²) in [6.45, 7) is 0.